The smallest absolute Gasteiger partial charge is 0.248 e. The number of carbonyl (C=O) groups is 1. The predicted molar refractivity (Wildman–Crippen MR) is 59.9 cm³/mol. The van der Waals surface area contributed by atoms with Gasteiger partial charge in [0.2, 0.25) is 5.91 Å². The Morgan fingerprint density at radius 2 is 2.33 bits per heavy atom. The van der Waals surface area contributed by atoms with E-state index in [-0.39, 0.29) is 0 Å². The zero-order valence-corrected chi connectivity index (χ0v) is 8.61. The molecular weight excluding hydrogens is 190 g/mol. The highest BCUT2D eigenvalue weighted by molar-refractivity contribution is 5.93. The molecule has 0 aliphatic carbocycles. The Balaban J connectivity index is 2.50. The summed E-state index contributed by atoms with van der Waals surface area (Å²) >= 11 is 0. The van der Waals surface area contributed by atoms with Crippen molar-refractivity contribution < 1.29 is 9.53 Å². The van der Waals surface area contributed by atoms with Gasteiger partial charge >= 0.3 is 0 Å². The molecule has 0 saturated heterocycles. The molecule has 1 amide bonds. The van der Waals surface area contributed by atoms with Crippen molar-refractivity contribution in [1.29, 1.82) is 0 Å². The first-order valence-electron chi connectivity index (χ1n) is 4.87. The van der Waals surface area contributed by atoms with E-state index < -0.39 is 5.91 Å². The molecule has 0 bridgehead atoms. The third-order valence-corrected chi connectivity index (χ3v) is 1.94. The lowest BCUT2D eigenvalue weighted by molar-refractivity contribution is 0.1000. The van der Waals surface area contributed by atoms with Gasteiger partial charge < -0.3 is 10.5 Å². The summed E-state index contributed by atoms with van der Waals surface area (Å²) in [7, 11) is 0. The fourth-order valence-electron chi connectivity index (χ4n) is 1.16. The Bertz CT molecular complexity index is 347. The van der Waals surface area contributed by atoms with Crippen LogP contribution in [0.2, 0.25) is 0 Å². The molecule has 0 saturated carbocycles. The molecule has 0 fully saturated rings. The number of benzene rings is 1. The minimum atomic E-state index is -0.438. The summed E-state index contributed by atoms with van der Waals surface area (Å²) in [6.45, 7) is 4.25. The third kappa shape index (κ3) is 3.85. The van der Waals surface area contributed by atoms with E-state index >= 15 is 0 Å². The van der Waals surface area contributed by atoms with Crippen molar-refractivity contribution in [3.05, 3.63) is 42.5 Å². The largest absolute Gasteiger partial charge is 0.494 e. The maximum Gasteiger partial charge on any atom is 0.248 e. The molecule has 0 atom stereocenters. The molecule has 1 aromatic rings. The maximum atomic E-state index is 10.9. The van der Waals surface area contributed by atoms with Gasteiger partial charge in [0.05, 0.1) is 6.61 Å². The van der Waals surface area contributed by atoms with Crippen LogP contribution in [0.1, 0.15) is 23.2 Å². The highest BCUT2D eigenvalue weighted by atomic mass is 16.5. The molecule has 0 radical (unpaired) electrons. The standard InChI is InChI=1S/C12H15NO2/c1-2-3-4-8-15-11-7-5-6-10(9-11)12(13)14/h2,5-7,9H,1,3-4,8H2,(H2,13,14). The monoisotopic (exact) mass is 205 g/mol. The lowest BCUT2D eigenvalue weighted by Crippen LogP contribution is -2.10. The summed E-state index contributed by atoms with van der Waals surface area (Å²) in [5.41, 5.74) is 5.62. The van der Waals surface area contributed by atoms with Crippen molar-refractivity contribution in [3.63, 3.8) is 0 Å². The van der Waals surface area contributed by atoms with Crippen molar-refractivity contribution in [2.75, 3.05) is 6.61 Å². The number of hydrogen-bond acceptors (Lipinski definition) is 2. The molecule has 15 heavy (non-hydrogen) atoms. The van der Waals surface area contributed by atoms with Crippen LogP contribution >= 0.6 is 0 Å². The quantitative estimate of drug-likeness (QED) is 0.571. The van der Waals surface area contributed by atoms with Gasteiger partial charge in [-0.1, -0.05) is 12.1 Å². The molecular formula is C12H15NO2. The van der Waals surface area contributed by atoms with Crippen LogP contribution in [0.15, 0.2) is 36.9 Å². The van der Waals surface area contributed by atoms with Crippen LogP contribution in [0.5, 0.6) is 5.75 Å². The Labute approximate surface area is 89.5 Å². The molecule has 2 N–H and O–H groups in total. The Morgan fingerprint density at radius 3 is 3.00 bits per heavy atom. The van der Waals surface area contributed by atoms with E-state index in [2.05, 4.69) is 6.58 Å². The number of unbranched alkanes of at least 4 members (excludes halogenated alkanes) is 1. The van der Waals surface area contributed by atoms with Gasteiger partial charge in [-0.05, 0) is 31.0 Å². The summed E-state index contributed by atoms with van der Waals surface area (Å²) in [6, 6.07) is 6.87. The number of hydrogen-bond donors (Lipinski definition) is 1. The van der Waals surface area contributed by atoms with Gasteiger partial charge in [-0.2, -0.15) is 0 Å². The lowest BCUT2D eigenvalue weighted by atomic mass is 10.2. The van der Waals surface area contributed by atoms with Gasteiger partial charge in [-0.3, -0.25) is 4.79 Å². The topological polar surface area (TPSA) is 52.3 Å². The van der Waals surface area contributed by atoms with Crippen molar-refractivity contribution >= 4 is 5.91 Å². The van der Waals surface area contributed by atoms with E-state index in [1.165, 1.54) is 0 Å². The number of primary amides is 1. The Kier molecular flexibility index (Phi) is 4.41. The molecule has 1 aromatic carbocycles. The second-order valence-electron chi connectivity index (χ2n) is 3.17. The van der Waals surface area contributed by atoms with Gasteiger partial charge in [0, 0.05) is 5.56 Å². The van der Waals surface area contributed by atoms with E-state index in [4.69, 9.17) is 10.5 Å². The van der Waals surface area contributed by atoms with E-state index in [0.717, 1.165) is 12.8 Å². The van der Waals surface area contributed by atoms with E-state index in [1.807, 2.05) is 6.08 Å². The number of nitrogens with two attached hydrogens (primary N) is 1. The zero-order valence-electron chi connectivity index (χ0n) is 8.61. The van der Waals surface area contributed by atoms with Crippen LogP contribution in [0.3, 0.4) is 0 Å². The zero-order chi connectivity index (χ0) is 11.1. The Morgan fingerprint density at radius 1 is 1.53 bits per heavy atom. The van der Waals surface area contributed by atoms with Crippen LogP contribution in [0, 0.1) is 0 Å². The number of carbonyl (C=O) groups excluding carboxylic acids is 1. The molecule has 1 rings (SSSR count). The predicted octanol–water partition coefficient (Wildman–Crippen LogP) is 2.13. The number of allylic oxidation sites excluding steroid dienone is 1. The number of rotatable bonds is 6. The highest BCUT2D eigenvalue weighted by Gasteiger charge is 2.01. The van der Waals surface area contributed by atoms with Gasteiger partial charge in [0.1, 0.15) is 5.75 Å². The minimum absolute atomic E-state index is 0.438. The van der Waals surface area contributed by atoms with Crippen LogP contribution in [-0.2, 0) is 0 Å². The van der Waals surface area contributed by atoms with Crippen LogP contribution < -0.4 is 10.5 Å². The normalized spacial score (nSPS) is 9.60. The average Bonchev–Trinajstić information content (AvgIpc) is 2.25. The van der Waals surface area contributed by atoms with Crippen LogP contribution in [-0.4, -0.2) is 12.5 Å². The minimum Gasteiger partial charge on any atom is -0.494 e. The van der Waals surface area contributed by atoms with Gasteiger partial charge in [0.15, 0.2) is 0 Å². The first-order valence-corrected chi connectivity index (χ1v) is 4.87. The summed E-state index contributed by atoms with van der Waals surface area (Å²) < 4.78 is 5.44. The number of amides is 1. The van der Waals surface area contributed by atoms with Crippen molar-refractivity contribution in [2.45, 2.75) is 12.8 Å². The molecule has 3 nitrogen and oxygen atoms in total. The van der Waals surface area contributed by atoms with Gasteiger partial charge in [-0.15, -0.1) is 6.58 Å². The summed E-state index contributed by atoms with van der Waals surface area (Å²) in [5, 5.41) is 0. The van der Waals surface area contributed by atoms with Gasteiger partial charge in [0.25, 0.3) is 0 Å². The molecule has 0 aromatic heterocycles. The van der Waals surface area contributed by atoms with E-state index in [9.17, 15) is 4.79 Å². The Hall–Kier alpha value is -1.77. The maximum absolute atomic E-state index is 10.9. The molecule has 0 unspecified atom stereocenters. The van der Waals surface area contributed by atoms with Crippen molar-refractivity contribution in [3.8, 4) is 5.75 Å². The van der Waals surface area contributed by atoms with Crippen LogP contribution in [0.25, 0.3) is 0 Å². The molecule has 0 aliphatic rings. The van der Waals surface area contributed by atoms with Crippen LogP contribution in [0.4, 0.5) is 0 Å². The number of ether oxygens (including phenoxy) is 1. The molecule has 3 heteroatoms. The fourth-order valence-corrected chi connectivity index (χ4v) is 1.16. The molecule has 0 heterocycles. The summed E-state index contributed by atoms with van der Waals surface area (Å²) in [5.74, 6) is 0.238. The second kappa shape index (κ2) is 5.86. The first kappa shape index (κ1) is 11.3. The summed E-state index contributed by atoms with van der Waals surface area (Å²) in [6.07, 6.45) is 3.70. The van der Waals surface area contributed by atoms with E-state index in [0.29, 0.717) is 17.9 Å². The fraction of sp³-hybridized carbons (Fsp3) is 0.250. The molecule has 80 valence electrons. The van der Waals surface area contributed by atoms with Gasteiger partial charge in [-0.25, -0.2) is 0 Å². The highest BCUT2D eigenvalue weighted by Crippen LogP contribution is 2.13. The third-order valence-electron chi connectivity index (χ3n) is 1.94. The van der Waals surface area contributed by atoms with Crippen molar-refractivity contribution in [2.24, 2.45) is 5.73 Å². The SMILES string of the molecule is C=CCCCOc1cccc(C(N)=O)c1. The lowest BCUT2D eigenvalue weighted by Gasteiger charge is -2.05. The second-order valence-corrected chi connectivity index (χ2v) is 3.17. The average molecular weight is 205 g/mol. The van der Waals surface area contributed by atoms with Crippen molar-refractivity contribution in [1.82, 2.24) is 0 Å². The molecule has 0 spiro atoms. The van der Waals surface area contributed by atoms with E-state index in [1.54, 1.807) is 24.3 Å². The first-order chi connectivity index (χ1) is 7.24. The molecule has 0 aliphatic heterocycles. The summed E-state index contributed by atoms with van der Waals surface area (Å²) in [4.78, 5) is 10.9.